The van der Waals surface area contributed by atoms with Crippen LogP contribution in [0.1, 0.15) is 43.4 Å². The first kappa shape index (κ1) is 22.1. The van der Waals surface area contributed by atoms with Crippen molar-refractivity contribution in [2.24, 2.45) is 0 Å². The molecule has 1 N–H and O–H groups in total. The number of amides is 1. The molecule has 2 saturated heterocycles. The first-order chi connectivity index (χ1) is 13.8. The zero-order valence-corrected chi connectivity index (χ0v) is 18.6. The fourth-order valence-electron chi connectivity index (χ4n) is 3.92. The van der Waals surface area contributed by atoms with E-state index in [9.17, 15) is 9.90 Å². The van der Waals surface area contributed by atoms with Gasteiger partial charge < -0.3 is 14.7 Å². The van der Waals surface area contributed by atoms with Crippen LogP contribution in [-0.2, 0) is 11.3 Å². The van der Waals surface area contributed by atoms with E-state index >= 15 is 0 Å². The van der Waals surface area contributed by atoms with Crippen LogP contribution in [0.4, 0.5) is 4.79 Å². The predicted molar refractivity (Wildman–Crippen MR) is 116 cm³/mol. The van der Waals surface area contributed by atoms with Gasteiger partial charge in [0.15, 0.2) is 0 Å². The van der Waals surface area contributed by atoms with Gasteiger partial charge in [0, 0.05) is 50.2 Å². The highest BCUT2D eigenvalue weighted by Crippen LogP contribution is 2.23. The normalized spacial score (nSPS) is 21.5. The zero-order chi connectivity index (χ0) is 20.9. The van der Waals surface area contributed by atoms with Gasteiger partial charge in [0.25, 0.3) is 0 Å². The third kappa shape index (κ3) is 6.71. The Morgan fingerprint density at radius 2 is 2.03 bits per heavy atom. The van der Waals surface area contributed by atoms with Gasteiger partial charge in [0.1, 0.15) is 5.60 Å². The molecule has 1 amide bonds. The standard InChI is InChI=1S/C22H33N3O3S/c1-4-28-21(26)25-14-12-24(13-15-25)18-6-5-11-23(16-18)17-20-8-7-19(29-20)9-10-22(2,3)27/h7-8,18,27H,4-6,11-17H2,1-3H3. The number of piperazine rings is 1. The third-order valence-electron chi connectivity index (χ3n) is 5.37. The van der Waals surface area contributed by atoms with E-state index in [4.69, 9.17) is 4.74 Å². The molecular formula is C22H33N3O3S. The lowest BCUT2D eigenvalue weighted by molar-refractivity contribution is 0.0414. The molecule has 1 atom stereocenters. The topological polar surface area (TPSA) is 56.2 Å². The Hall–Kier alpha value is -1.59. The van der Waals surface area contributed by atoms with E-state index in [0.29, 0.717) is 12.6 Å². The molecule has 2 aliphatic rings. The van der Waals surface area contributed by atoms with Crippen LogP contribution in [0.2, 0.25) is 0 Å². The van der Waals surface area contributed by atoms with Crippen molar-refractivity contribution in [1.82, 2.24) is 14.7 Å². The quantitative estimate of drug-likeness (QED) is 0.761. The molecule has 160 valence electrons. The van der Waals surface area contributed by atoms with E-state index in [0.717, 1.165) is 50.7 Å². The molecule has 29 heavy (non-hydrogen) atoms. The van der Waals surface area contributed by atoms with Crippen LogP contribution in [0.25, 0.3) is 0 Å². The van der Waals surface area contributed by atoms with Crippen molar-refractivity contribution in [2.75, 3.05) is 45.9 Å². The second-order valence-corrected chi connectivity index (χ2v) is 9.50. The molecule has 0 aliphatic carbocycles. The average Bonchev–Trinajstić information content (AvgIpc) is 3.14. The summed E-state index contributed by atoms with van der Waals surface area (Å²) < 4.78 is 5.12. The van der Waals surface area contributed by atoms with Gasteiger partial charge in [0.2, 0.25) is 0 Å². The fourth-order valence-corrected chi connectivity index (χ4v) is 4.83. The Labute approximate surface area is 178 Å². The van der Waals surface area contributed by atoms with Crippen molar-refractivity contribution < 1.29 is 14.6 Å². The molecule has 0 spiro atoms. The van der Waals surface area contributed by atoms with Crippen molar-refractivity contribution in [1.29, 1.82) is 0 Å². The van der Waals surface area contributed by atoms with Gasteiger partial charge in [-0.2, -0.15) is 0 Å². The number of thiophene rings is 1. The number of nitrogens with zero attached hydrogens (tertiary/aromatic N) is 3. The van der Waals surface area contributed by atoms with E-state index in [-0.39, 0.29) is 6.09 Å². The zero-order valence-electron chi connectivity index (χ0n) is 17.8. The largest absolute Gasteiger partial charge is 0.450 e. The van der Waals surface area contributed by atoms with Crippen molar-refractivity contribution >= 4 is 17.4 Å². The summed E-state index contributed by atoms with van der Waals surface area (Å²) in [5, 5.41) is 9.76. The minimum atomic E-state index is -0.957. The lowest BCUT2D eigenvalue weighted by Crippen LogP contribution is -2.55. The number of likely N-dealkylation sites (tertiary alicyclic amines) is 1. The first-order valence-corrected chi connectivity index (χ1v) is 11.4. The van der Waals surface area contributed by atoms with Gasteiger partial charge in [-0.1, -0.05) is 11.8 Å². The van der Waals surface area contributed by atoms with Crippen LogP contribution in [-0.4, -0.2) is 83.4 Å². The molecule has 2 fully saturated rings. The number of hydrogen-bond donors (Lipinski definition) is 1. The smallest absolute Gasteiger partial charge is 0.409 e. The van der Waals surface area contributed by atoms with E-state index in [1.165, 1.54) is 17.7 Å². The van der Waals surface area contributed by atoms with Crippen molar-refractivity contribution in [3.63, 3.8) is 0 Å². The number of hydrogen-bond acceptors (Lipinski definition) is 6. The highest BCUT2D eigenvalue weighted by molar-refractivity contribution is 7.12. The number of aliphatic hydroxyl groups is 1. The predicted octanol–water partition coefficient (Wildman–Crippen LogP) is 2.61. The molecule has 1 aromatic heterocycles. The summed E-state index contributed by atoms with van der Waals surface area (Å²) in [6.07, 6.45) is 2.25. The van der Waals surface area contributed by atoms with E-state index < -0.39 is 5.60 Å². The van der Waals surface area contributed by atoms with Gasteiger partial charge in [-0.3, -0.25) is 9.80 Å². The highest BCUT2D eigenvalue weighted by Gasteiger charge is 2.29. The second-order valence-electron chi connectivity index (χ2n) is 8.33. The molecule has 1 unspecified atom stereocenters. The second kappa shape index (κ2) is 9.94. The number of carbonyl (C=O) groups is 1. The number of carbonyl (C=O) groups excluding carboxylic acids is 1. The molecule has 1 aromatic rings. The molecule has 0 bridgehead atoms. The molecular weight excluding hydrogens is 386 g/mol. The van der Waals surface area contributed by atoms with Crippen molar-refractivity contribution in [3.8, 4) is 11.8 Å². The summed E-state index contributed by atoms with van der Waals surface area (Å²) in [5.41, 5.74) is -0.957. The maximum Gasteiger partial charge on any atom is 0.409 e. The Morgan fingerprint density at radius 3 is 2.72 bits per heavy atom. The van der Waals surface area contributed by atoms with Crippen LogP contribution >= 0.6 is 11.3 Å². The lowest BCUT2D eigenvalue weighted by atomic mass is 10.0. The minimum absolute atomic E-state index is 0.182. The van der Waals surface area contributed by atoms with Crippen LogP contribution in [0.5, 0.6) is 0 Å². The van der Waals surface area contributed by atoms with Gasteiger partial charge >= 0.3 is 6.09 Å². The molecule has 0 radical (unpaired) electrons. The Morgan fingerprint density at radius 1 is 1.28 bits per heavy atom. The van der Waals surface area contributed by atoms with Crippen LogP contribution in [0.15, 0.2) is 12.1 Å². The molecule has 7 heteroatoms. The number of ether oxygens (including phenoxy) is 1. The monoisotopic (exact) mass is 419 g/mol. The maximum atomic E-state index is 11.9. The summed E-state index contributed by atoms with van der Waals surface area (Å²) in [6, 6.07) is 4.76. The molecule has 3 heterocycles. The number of piperidine rings is 1. The van der Waals surface area contributed by atoms with E-state index in [1.807, 2.05) is 11.8 Å². The van der Waals surface area contributed by atoms with Gasteiger partial charge in [-0.25, -0.2) is 4.79 Å². The molecule has 6 nitrogen and oxygen atoms in total. The third-order valence-corrected chi connectivity index (χ3v) is 6.36. The summed E-state index contributed by atoms with van der Waals surface area (Å²) in [7, 11) is 0. The number of rotatable bonds is 4. The van der Waals surface area contributed by atoms with E-state index in [1.54, 1.807) is 25.2 Å². The lowest BCUT2D eigenvalue weighted by Gasteiger charge is -2.43. The maximum absolute atomic E-state index is 11.9. The van der Waals surface area contributed by atoms with Gasteiger partial charge in [0.05, 0.1) is 11.5 Å². The molecule has 0 aromatic carbocycles. The Balaban J connectivity index is 1.49. The molecule has 0 saturated carbocycles. The van der Waals surface area contributed by atoms with Gasteiger partial charge in [-0.05, 0) is 52.3 Å². The van der Waals surface area contributed by atoms with Gasteiger partial charge in [-0.15, -0.1) is 11.3 Å². The summed E-state index contributed by atoms with van der Waals surface area (Å²) in [4.78, 5) is 21.1. The SMILES string of the molecule is CCOC(=O)N1CCN(C2CCCN(Cc3ccc(C#CC(C)(C)O)s3)C2)CC1. The first-order valence-electron chi connectivity index (χ1n) is 10.6. The van der Waals surface area contributed by atoms with Crippen molar-refractivity contribution in [3.05, 3.63) is 21.9 Å². The van der Waals surface area contributed by atoms with E-state index in [2.05, 4.69) is 33.8 Å². The molecule has 3 rings (SSSR count). The highest BCUT2D eigenvalue weighted by atomic mass is 32.1. The Bertz CT molecular complexity index is 738. The summed E-state index contributed by atoms with van der Waals surface area (Å²) >= 11 is 1.71. The van der Waals surface area contributed by atoms with Crippen LogP contribution in [0, 0.1) is 11.8 Å². The minimum Gasteiger partial charge on any atom is -0.450 e. The molecule has 2 aliphatic heterocycles. The fraction of sp³-hybridized carbons (Fsp3) is 0.682. The van der Waals surface area contributed by atoms with Crippen molar-refractivity contribution in [2.45, 2.75) is 51.8 Å². The average molecular weight is 420 g/mol. The summed E-state index contributed by atoms with van der Waals surface area (Å²) in [5.74, 6) is 5.96. The van der Waals surface area contributed by atoms with Crippen LogP contribution < -0.4 is 0 Å². The Kier molecular flexibility index (Phi) is 7.58. The summed E-state index contributed by atoms with van der Waals surface area (Å²) in [6.45, 7) is 12.2. The van der Waals surface area contributed by atoms with Crippen LogP contribution in [0.3, 0.4) is 0 Å².